The van der Waals surface area contributed by atoms with E-state index in [0.29, 0.717) is 5.56 Å². The van der Waals surface area contributed by atoms with E-state index in [1.807, 2.05) is 0 Å². The number of phenolic OH excluding ortho intramolecular Hbond substituents is 1. The van der Waals surface area contributed by atoms with Crippen LogP contribution in [0.1, 0.15) is 0 Å². The largest absolute Gasteiger partial charge is 0.573 e. The maximum Gasteiger partial charge on any atom is 0.573 e. The Morgan fingerprint density at radius 2 is 1.61 bits per heavy atom. The van der Waals surface area contributed by atoms with Crippen molar-refractivity contribution in [1.82, 2.24) is 0 Å². The molecule has 0 amide bonds. The number of alkyl halides is 3. The van der Waals surface area contributed by atoms with Gasteiger partial charge in [0, 0.05) is 11.6 Å². The molecule has 0 aliphatic carbocycles. The summed E-state index contributed by atoms with van der Waals surface area (Å²) >= 11 is 0. The van der Waals surface area contributed by atoms with Gasteiger partial charge in [-0.3, -0.25) is 0 Å². The quantitative estimate of drug-likeness (QED) is 0.879. The van der Waals surface area contributed by atoms with Gasteiger partial charge in [0.05, 0.1) is 0 Å². The molecule has 0 aromatic heterocycles. The number of halogens is 3. The van der Waals surface area contributed by atoms with Crippen LogP contribution < -0.4 is 4.74 Å². The molecule has 0 aliphatic rings. The molecular formula is C13H9F3O2. The Hall–Kier alpha value is -2.17. The lowest BCUT2D eigenvalue weighted by molar-refractivity contribution is -0.274. The minimum Gasteiger partial charge on any atom is -0.508 e. The first-order valence-corrected chi connectivity index (χ1v) is 5.10. The molecule has 0 fully saturated rings. The van der Waals surface area contributed by atoms with Crippen molar-refractivity contribution in [3.05, 3.63) is 48.5 Å². The molecule has 0 saturated heterocycles. The summed E-state index contributed by atoms with van der Waals surface area (Å²) in [5.41, 5.74) is 0.850. The Balaban J connectivity index is 2.47. The van der Waals surface area contributed by atoms with Crippen molar-refractivity contribution in [2.75, 3.05) is 0 Å². The second-order valence-electron chi connectivity index (χ2n) is 3.59. The molecule has 2 nitrogen and oxygen atoms in total. The number of hydrogen-bond acceptors (Lipinski definition) is 2. The maximum atomic E-state index is 12.3. The second kappa shape index (κ2) is 4.60. The summed E-state index contributed by atoms with van der Waals surface area (Å²) in [6, 6.07) is 12.1. The van der Waals surface area contributed by atoms with Crippen LogP contribution >= 0.6 is 0 Å². The highest BCUT2D eigenvalue weighted by molar-refractivity contribution is 5.71. The van der Waals surface area contributed by atoms with E-state index in [2.05, 4.69) is 4.74 Å². The lowest BCUT2D eigenvalue weighted by Crippen LogP contribution is -2.17. The van der Waals surface area contributed by atoms with Crippen LogP contribution in [0.15, 0.2) is 48.5 Å². The highest BCUT2D eigenvalue weighted by Gasteiger charge is 2.32. The number of hydrogen-bond donors (Lipinski definition) is 1. The molecule has 1 N–H and O–H groups in total. The lowest BCUT2D eigenvalue weighted by atomic mass is 10.0. The standard InChI is InChI=1S/C13H9F3O2/c14-13(15,16)18-12-8-10(17)6-7-11(12)9-4-2-1-3-5-9/h1-8,17H. The van der Waals surface area contributed by atoms with Crippen molar-refractivity contribution in [2.45, 2.75) is 6.36 Å². The van der Waals surface area contributed by atoms with Crippen LogP contribution in [0.25, 0.3) is 11.1 Å². The third kappa shape index (κ3) is 2.94. The first-order chi connectivity index (χ1) is 8.46. The van der Waals surface area contributed by atoms with Crippen molar-refractivity contribution in [1.29, 1.82) is 0 Å². The summed E-state index contributed by atoms with van der Waals surface area (Å²) in [7, 11) is 0. The highest BCUT2D eigenvalue weighted by Crippen LogP contribution is 2.36. The third-order valence-electron chi connectivity index (χ3n) is 2.28. The summed E-state index contributed by atoms with van der Waals surface area (Å²) in [4.78, 5) is 0. The van der Waals surface area contributed by atoms with Gasteiger partial charge in [0.15, 0.2) is 0 Å². The van der Waals surface area contributed by atoms with E-state index >= 15 is 0 Å². The van der Waals surface area contributed by atoms with Crippen LogP contribution in [0.2, 0.25) is 0 Å². The first kappa shape index (κ1) is 12.3. The van der Waals surface area contributed by atoms with Gasteiger partial charge >= 0.3 is 6.36 Å². The number of phenols is 1. The van der Waals surface area contributed by atoms with Gasteiger partial charge in [0.25, 0.3) is 0 Å². The van der Waals surface area contributed by atoms with Crippen LogP contribution in [0, 0.1) is 0 Å². The van der Waals surface area contributed by atoms with Crippen LogP contribution in [-0.4, -0.2) is 11.5 Å². The van der Waals surface area contributed by atoms with E-state index in [0.717, 1.165) is 6.07 Å². The molecule has 2 rings (SSSR count). The molecule has 0 unspecified atom stereocenters. The molecule has 2 aromatic carbocycles. The van der Waals surface area contributed by atoms with Gasteiger partial charge in [-0.2, -0.15) is 0 Å². The fourth-order valence-corrected chi connectivity index (χ4v) is 1.58. The fraction of sp³-hybridized carbons (Fsp3) is 0.0769. The Morgan fingerprint density at radius 1 is 0.944 bits per heavy atom. The number of aromatic hydroxyl groups is 1. The van der Waals surface area contributed by atoms with E-state index in [9.17, 15) is 18.3 Å². The number of ether oxygens (including phenoxy) is 1. The molecule has 0 heterocycles. The van der Waals surface area contributed by atoms with E-state index < -0.39 is 12.1 Å². The molecule has 0 bridgehead atoms. The molecule has 0 spiro atoms. The average molecular weight is 254 g/mol. The van der Waals surface area contributed by atoms with Crippen molar-refractivity contribution >= 4 is 0 Å². The molecule has 94 valence electrons. The van der Waals surface area contributed by atoms with Crippen molar-refractivity contribution < 1.29 is 23.0 Å². The minimum absolute atomic E-state index is 0.269. The summed E-state index contributed by atoms with van der Waals surface area (Å²) in [5, 5.41) is 9.23. The Labute approximate surface area is 101 Å². The first-order valence-electron chi connectivity index (χ1n) is 5.10. The van der Waals surface area contributed by atoms with E-state index in [1.165, 1.54) is 12.1 Å². The molecule has 18 heavy (non-hydrogen) atoms. The smallest absolute Gasteiger partial charge is 0.508 e. The summed E-state index contributed by atoms with van der Waals surface area (Å²) < 4.78 is 40.7. The van der Waals surface area contributed by atoms with E-state index in [4.69, 9.17) is 0 Å². The van der Waals surface area contributed by atoms with Gasteiger partial charge in [-0.25, -0.2) is 0 Å². The zero-order valence-electron chi connectivity index (χ0n) is 9.11. The molecule has 0 aliphatic heterocycles. The Bertz CT molecular complexity index is 536. The molecule has 0 saturated carbocycles. The zero-order valence-corrected chi connectivity index (χ0v) is 9.11. The predicted molar refractivity (Wildman–Crippen MR) is 60.2 cm³/mol. The van der Waals surface area contributed by atoms with Crippen molar-refractivity contribution in [2.24, 2.45) is 0 Å². The monoisotopic (exact) mass is 254 g/mol. The predicted octanol–water partition coefficient (Wildman–Crippen LogP) is 3.96. The molecular weight excluding hydrogens is 245 g/mol. The van der Waals surface area contributed by atoms with E-state index in [1.54, 1.807) is 30.3 Å². The number of rotatable bonds is 2. The summed E-state index contributed by atoms with van der Waals surface area (Å²) in [5.74, 6) is -0.706. The van der Waals surface area contributed by atoms with Gasteiger partial charge < -0.3 is 9.84 Å². The maximum absolute atomic E-state index is 12.3. The lowest BCUT2D eigenvalue weighted by Gasteiger charge is -2.13. The topological polar surface area (TPSA) is 29.5 Å². The molecule has 0 radical (unpaired) electrons. The van der Waals surface area contributed by atoms with Crippen LogP contribution in [-0.2, 0) is 0 Å². The van der Waals surface area contributed by atoms with E-state index in [-0.39, 0.29) is 11.3 Å². The Morgan fingerprint density at radius 3 is 2.22 bits per heavy atom. The molecule has 0 atom stereocenters. The average Bonchev–Trinajstić information content (AvgIpc) is 2.28. The number of benzene rings is 2. The second-order valence-corrected chi connectivity index (χ2v) is 3.59. The minimum atomic E-state index is -4.79. The Kier molecular flexibility index (Phi) is 3.14. The fourth-order valence-electron chi connectivity index (χ4n) is 1.58. The van der Waals surface area contributed by atoms with Gasteiger partial charge in [0.1, 0.15) is 11.5 Å². The van der Waals surface area contributed by atoms with Gasteiger partial charge in [-0.1, -0.05) is 30.3 Å². The van der Waals surface area contributed by atoms with Crippen molar-refractivity contribution in [3.8, 4) is 22.6 Å². The van der Waals surface area contributed by atoms with Gasteiger partial charge in [-0.15, -0.1) is 13.2 Å². The summed E-state index contributed by atoms with van der Waals surface area (Å²) in [6.45, 7) is 0. The highest BCUT2D eigenvalue weighted by atomic mass is 19.4. The molecule has 2 aromatic rings. The van der Waals surface area contributed by atoms with Crippen LogP contribution in [0.4, 0.5) is 13.2 Å². The third-order valence-corrected chi connectivity index (χ3v) is 2.28. The normalized spacial score (nSPS) is 11.3. The van der Waals surface area contributed by atoms with Gasteiger partial charge in [-0.05, 0) is 17.7 Å². The molecule has 5 heteroatoms. The van der Waals surface area contributed by atoms with Crippen LogP contribution in [0.3, 0.4) is 0 Å². The zero-order chi connectivity index (χ0) is 13.2. The van der Waals surface area contributed by atoms with Crippen molar-refractivity contribution in [3.63, 3.8) is 0 Å². The van der Waals surface area contributed by atoms with Gasteiger partial charge in [0.2, 0.25) is 0 Å². The van der Waals surface area contributed by atoms with Crippen LogP contribution in [0.5, 0.6) is 11.5 Å². The SMILES string of the molecule is Oc1ccc(-c2ccccc2)c(OC(F)(F)F)c1. The summed E-state index contributed by atoms with van der Waals surface area (Å²) in [6.07, 6.45) is -4.79.